The van der Waals surface area contributed by atoms with Crippen LogP contribution in [0.3, 0.4) is 0 Å². The third-order valence-electron chi connectivity index (χ3n) is 5.48. The van der Waals surface area contributed by atoms with E-state index < -0.39 is 10.0 Å². The van der Waals surface area contributed by atoms with Crippen molar-refractivity contribution < 1.29 is 22.7 Å². The highest BCUT2D eigenvalue weighted by Crippen LogP contribution is 2.26. The van der Waals surface area contributed by atoms with Gasteiger partial charge in [-0.15, -0.1) is 11.8 Å². The van der Waals surface area contributed by atoms with Gasteiger partial charge in [-0.2, -0.15) is 4.31 Å². The number of aryl methyl sites for hydroxylation is 1. The Kier molecular flexibility index (Phi) is 8.76. The highest BCUT2D eigenvalue weighted by molar-refractivity contribution is 8.00. The standard InChI is InChI=1S/C21H31N3O5S2/c1-17-6-7-18(14-19(17)31(27,28)24-8-4-2-3-5-9-24)22-20(25)15-30-16-21(26)23-10-12-29-13-11-23/h6-7,14H,2-5,8-13,15-16H2,1H3,(H,22,25). The number of ether oxygens (including phenoxy) is 1. The molecule has 0 spiro atoms. The number of nitrogens with zero attached hydrogens (tertiary/aromatic N) is 2. The number of nitrogens with one attached hydrogen (secondary N) is 1. The predicted molar refractivity (Wildman–Crippen MR) is 122 cm³/mol. The molecule has 1 aromatic carbocycles. The number of hydrogen-bond acceptors (Lipinski definition) is 6. The molecule has 0 aromatic heterocycles. The Hall–Kier alpha value is -1.62. The van der Waals surface area contributed by atoms with Crippen LogP contribution in [0.15, 0.2) is 23.1 Å². The molecule has 172 valence electrons. The van der Waals surface area contributed by atoms with Crippen LogP contribution in [0.25, 0.3) is 0 Å². The molecule has 8 nitrogen and oxygen atoms in total. The van der Waals surface area contributed by atoms with E-state index in [4.69, 9.17) is 4.74 Å². The number of benzene rings is 1. The van der Waals surface area contributed by atoms with Gasteiger partial charge in [0, 0.05) is 31.9 Å². The normalized spacial score (nSPS) is 18.4. The number of morpholine rings is 1. The summed E-state index contributed by atoms with van der Waals surface area (Å²) in [4.78, 5) is 26.5. The van der Waals surface area contributed by atoms with E-state index in [1.807, 2.05) is 0 Å². The van der Waals surface area contributed by atoms with E-state index in [9.17, 15) is 18.0 Å². The van der Waals surface area contributed by atoms with E-state index in [2.05, 4.69) is 5.32 Å². The molecule has 3 rings (SSSR count). The predicted octanol–water partition coefficient (Wildman–Crippen LogP) is 2.09. The highest BCUT2D eigenvalue weighted by Gasteiger charge is 2.27. The Bertz CT molecular complexity index is 877. The van der Waals surface area contributed by atoms with Crippen molar-refractivity contribution in [2.45, 2.75) is 37.5 Å². The fraction of sp³-hybridized carbons (Fsp3) is 0.619. The van der Waals surface area contributed by atoms with Crippen LogP contribution in [0.4, 0.5) is 5.69 Å². The number of amides is 2. The SMILES string of the molecule is Cc1ccc(NC(=O)CSCC(=O)N2CCOCC2)cc1S(=O)(=O)N1CCCCCC1. The molecule has 31 heavy (non-hydrogen) atoms. The average molecular weight is 470 g/mol. The average Bonchev–Trinajstić information content (AvgIpc) is 3.06. The summed E-state index contributed by atoms with van der Waals surface area (Å²) in [6.07, 6.45) is 3.84. The van der Waals surface area contributed by atoms with Crippen LogP contribution in [-0.2, 0) is 24.3 Å². The molecule has 0 radical (unpaired) electrons. The number of carbonyl (C=O) groups is 2. The van der Waals surface area contributed by atoms with Crippen LogP contribution in [0.2, 0.25) is 0 Å². The van der Waals surface area contributed by atoms with Crippen LogP contribution in [0.1, 0.15) is 31.2 Å². The van der Waals surface area contributed by atoms with Gasteiger partial charge in [0.1, 0.15) is 0 Å². The summed E-state index contributed by atoms with van der Waals surface area (Å²) < 4.78 is 33.1. The Balaban J connectivity index is 1.56. The molecule has 2 heterocycles. The van der Waals surface area contributed by atoms with Crippen molar-refractivity contribution in [2.75, 3.05) is 56.2 Å². The van der Waals surface area contributed by atoms with Gasteiger partial charge in [0.15, 0.2) is 0 Å². The lowest BCUT2D eigenvalue weighted by molar-refractivity contribution is -0.132. The number of anilines is 1. The van der Waals surface area contributed by atoms with Crippen molar-refractivity contribution in [3.05, 3.63) is 23.8 Å². The third kappa shape index (κ3) is 6.68. The summed E-state index contributed by atoms with van der Waals surface area (Å²) in [6, 6.07) is 4.96. The van der Waals surface area contributed by atoms with Gasteiger partial charge in [0.25, 0.3) is 0 Å². The number of hydrogen-bond donors (Lipinski definition) is 1. The van der Waals surface area contributed by atoms with Crippen molar-refractivity contribution in [2.24, 2.45) is 0 Å². The first kappa shape index (κ1) is 24.0. The van der Waals surface area contributed by atoms with Crippen LogP contribution in [-0.4, -0.2) is 80.3 Å². The van der Waals surface area contributed by atoms with E-state index >= 15 is 0 Å². The molecule has 2 saturated heterocycles. The van der Waals surface area contributed by atoms with Gasteiger partial charge in [-0.25, -0.2) is 8.42 Å². The fourth-order valence-electron chi connectivity index (χ4n) is 3.71. The van der Waals surface area contributed by atoms with E-state index in [1.54, 1.807) is 28.3 Å². The second kappa shape index (κ2) is 11.3. The summed E-state index contributed by atoms with van der Waals surface area (Å²) in [5.41, 5.74) is 1.11. The Morgan fingerprint density at radius 3 is 2.39 bits per heavy atom. The van der Waals surface area contributed by atoms with E-state index in [0.29, 0.717) is 50.6 Å². The smallest absolute Gasteiger partial charge is 0.243 e. The zero-order valence-corrected chi connectivity index (χ0v) is 19.6. The summed E-state index contributed by atoms with van der Waals surface area (Å²) in [7, 11) is -3.60. The molecule has 0 atom stereocenters. The topological polar surface area (TPSA) is 96.0 Å². The number of thioether (sulfide) groups is 1. The zero-order chi connectivity index (χ0) is 22.3. The molecule has 0 unspecified atom stereocenters. The Labute approximate surface area is 188 Å². The lowest BCUT2D eigenvalue weighted by Gasteiger charge is -2.26. The van der Waals surface area contributed by atoms with Gasteiger partial charge in [0.05, 0.1) is 29.6 Å². The van der Waals surface area contributed by atoms with Crippen LogP contribution in [0, 0.1) is 6.92 Å². The molecule has 2 fully saturated rings. The second-order valence-electron chi connectivity index (χ2n) is 7.83. The Morgan fingerprint density at radius 1 is 1.03 bits per heavy atom. The van der Waals surface area contributed by atoms with Gasteiger partial charge in [-0.1, -0.05) is 18.9 Å². The Morgan fingerprint density at radius 2 is 1.71 bits per heavy atom. The van der Waals surface area contributed by atoms with Crippen molar-refractivity contribution in [1.29, 1.82) is 0 Å². The number of carbonyl (C=O) groups excluding carboxylic acids is 2. The highest BCUT2D eigenvalue weighted by atomic mass is 32.2. The summed E-state index contributed by atoms with van der Waals surface area (Å²) in [5.74, 6) is 0.0951. The maximum absolute atomic E-state index is 13.2. The molecule has 1 aromatic rings. The van der Waals surface area contributed by atoms with Crippen LogP contribution < -0.4 is 5.32 Å². The summed E-state index contributed by atoms with van der Waals surface area (Å²) in [5, 5.41) is 2.76. The molecule has 0 bridgehead atoms. The molecule has 10 heteroatoms. The summed E-state index contributed by atoms with van der Waals surface area (Å²) in [6.45, 7) is 5.11. The van der Waals surface area contributed by atoms with Gasteiger partial charge >= 0.3 is 0 Å². The number of sulfonamides is 1. The first-order chi connectivity index (χ1) is 14.9. The molecule has 2 amide bonds. The third-order valence-corrected chi connectivity index (χ3v) is 8.44. The van der Waals surface area contributed by atoms with Gasteiger partial charge in [0.2, 0.25) is 21.8 Å². The zero-order valence-electron chi connectivity index (χ0n) is 18.0. The molecular formula is C21H31N3O5S2. The molecule has 1 N–H and O–H groups in total. The monoisotopic (exact) mass is 469 g/mol. The van der Waals surface area contributed by atoms with Crippen molar-refractivity contribution >= 4 is 39.3 Å². The molecule has 2 aliphatic heterocycles. The lowest BCUT2D eigenvalue weighted by Crippen LogP contribution is -2.41. The van der Waals surface area contributed by atoms with E-state index in [1.165, 1.54) is 17.8 Å². The minimum atomic E-state index is -3.60. The van der Waals surface area contributed by atoms with Gasteiger partial charge in [-0.05, 0) is 37.5 Å². The molecule has 0 aliphatic carbocycles. The summed E-state index contributed by atoms with van der Waals surface area (Å²) >= 11 is 1.25. The first-order valence-electron chi connectivity index (χ1n) is 10.7. The quantitative estimate of drug-likeness (QED) is 0.657. The van der Waals surface area contributed by atoms with Gasteiger partial charge < -0.3 is 15.0 Å². The molecule has 2 aliphatic rings. The fourth-order valence-corrected chi connectivity index (χ4v) is 6.19. The van der Waals surface area contributed by atoms with Crippen LogP contribution in [0.5, 0.6) is 0 Å². The minimum absolute atomic E-state index is 0.00210. The number of rotatable bonds is 7. The molecular weight excluding hydrogens is 438 g/mol. The van der Waals surface area contributed by atoms with Crippen molar-refractivity contribution in [1.82, 2.24) is 9.21 Å². The molecule has 0 saturated carbocycles. The largest absolute Gasteiger partial charge is 0.378 e. The van der Waals surface area contributed by atoms with E-state index in [0.717, 1.165) is 25.7 Å². The lowest BCUT2D eigenvalue weighted by atomic mass is 10.2. The maximum Gasteiger partial charge on any atom is 0.243 e. The van der Waals surface area contributed by atoms with Crippen LogP contribution >= 0.6 is 11.8 Å². The van der Waals surface area contributed by atoms with Crippen molar-refractivity contribution in [3.63, 3.8) is 0 Å². The maximum atomic E-state index is 13.2. The first-order valence-corrected chi connectivity index (χ1v) is 13.3. The van der Waals surface area contributed by atoms with Crippen molar-refractivity contribution in [3.8, 4) is 0 Å². The second-order valence-corrected chi connectivity index (χ2v) is 10.7. The minimum Gasteiger partial charge on any atom is -0.378 e. The van der Waals surface area contributed by atoms with Gasteiger partial charge in [-0.3, -0.25) is 9.59 Å². The van der Waals surface area contributed by atoms with E-state index in [-0.39, 0.29) is 28.2 Å².